The van der Waals surface area contributed by atoms with E-state index in [2.05, 4.69) is 161 Å². The molecule has 5 aromatic carbocycles. The Bertz CT molecular complexity index is 1820. The lowest BCUT2D eigenvalue weighted by atomic mass is 9.33. The van der Waals surface area contributed by atoms with Crippen molar-refractivity contribution in [2.75, 3.05) is 9.80 Å². The second-order valence-corrected chi connectivity index (χ2v) is 11.2. The molecule has 0 fully saturated rings. The van der Waals surface area contributed by atoms with Crippen molar-refractivity contribution in [2.24, 2.45) is 5.10 Å². The number of benzene rings is 5. The van der Waals surface area contributed by atoms with Gasteiger partial charge in [-0.2, -0.15) is 5.10 Å². The summed E-state index contributed by atoms with van der Waals surface area (Å²) in [4.78, 5) is 4.75. The molecule has 3 aliphatic rings. The Hall–Kier alpha value is -5.29. The van der Waals surface area contributed by atoms with Crippen molar-refractivity contribution in [3.05, 3.63) is 168 Å². The highest BCUT2D eigenvalue weighted by Crippen LogP contribution is 2.38. The molecule has 0 aromatic heterocycles. The molecule has 0 spiro atoms. The summed E-state index contributed by atoms with van der Waals surface area (Å²) in [6.45, 7) is 4.21. The molecule has 0 radical (unpaired) electrons. The summed E-state index contributed by atoms with van der Waals surface area (Å²) in [5, 5.41) is 4.85. The van der Waals surface area contributed by atoms with E-state index >= 15 is 0 Å². The second kappa shape index (κ2) is 12.8. The van der Waals surface area contributed by atoms with E-state index in [1.807, 2.05) is 19.9 Å². The number of para-hydroxylation sites is 4. The molecule has 0 amide bonds. The van der Waals surface area contributed by atoms with Gasteiger partial charge >= 0.3 is 0 Å². The molecule has 1 N–H and O–H groups in total. The topological polar surface area (TPSA) is 30.9 Å². The van der Waals surface area contributed by atoms with Crippen molar-refractivity contribution in [1.82, 2.24) is 5.43 Å². The average molecular weight is 585 g/mol. The van der Waals surface area contributed by atoms with E-state index in [-0.39, 0.29) is 12.9 Å². The van der Waals surface area contributed by atoms with Gasteiger partial charge in [0.2, 0.25) is 6.71 Å². The van der Waals surface area contributed by atoms with Crippen LogP contribution in [0.1, 0.15) is 32.3 Å². The molecule has 2 heterocycles. The Morgan fingerprint density at radius 1 is 0.600 bits per heavy atom. The van der Waals surface area contributed by atoms with Gasteiger partial charge in [-0.05, 0) is 65.7 Å². The average Bonchev–Trinajstić information content (AvgIpc) is 3.58. The fourth-order valence-electron chi connectivity index (χ4n) is 6.82. The quantitative estimate of drug-likeness (QED) is 0.212. The Kier molecular flexibility index (Phi) is 8.07. The zero-order valence-corrected chi connectivity index (χ0v) is 25.8. The van der Waals surface area contributed by atoms with Gasteiger partial charge in [0.1, 0.15) is 6.17 Å². The van der Waals surface area contributed by atoms with Crippen LogP contribution in [0.2, 0.25) is 0 Å². The van der Waals surface area contributed by atoms with E-state index < -0.39 is 0 Å². The molecule has 220 valence electrons. The third-order valence-electron chi connectivity index (χ3n) is 8.77. The molecule has 1 unspecified atom stereocenters. The second-order valence-electron chi connectivity index (χ2n) is 11.2. The molecular formula is C40H37BN4. The highest BCUT2D eigenvalue weighted by atomic mass is 15.5. The maximum Gasteiger partial charge on any atom is 0.242 e. The minimum atomic E-state index is -0.0325. The van der Waals surface area contributed by atoms with Crippen LogP contribution in [0, 0.1) is 0 Å². The molecule has 5 heteroatoms. The van der Waals surface area contributed by atoms with E-state index in [0.29, 0.717) is 0 Å². The Morgan fingerprint density at radius 3 is 1.71 bits per heavy atom. The highest BCUT2D eigenvalue weighted by molar-refractivity contribution is 6.93. The fourth-order valence-corrected chi connectivity index (χ4v) is 6.82. The van der Waals surface area contributed by atoms with Gasteiger partial charge in [0.15, 0.2) is 5.84 Å². The Morgan fingerprint density at radius 2 is 1.13 bits per heavy atom. The SMILES string of the molecule is C1=C(B2c3ccccc3N(c3ccccc3)c3ccccc32)CCC(C2NN=C(c3ccccc3)N2c2ccccc2)=C1.CC. The molecule has 45 heavy (non-hydrogen) atoms. The number of hydrogen-bond acceptors (Lipinski definition) is 4. The number of anilines is 4. The van der Waals surface area contributed by atoms with Crippen LogP contribution in [0.3, 0.4) is 0 Å². The molecule has 8 rings (SSSR count). The third-order valence-corrected chi connectivity index (χ3v) is 8.77. The van der Waals surface area contributed by atoms with Gasteiger partial charge in [-0.15, -0.1) is 0 Å². The first-order valence-corrected chi connectivity index (χ1v) is 16.0. The van der Waals surface area contributed by atoms with Gasteiger partial charge in [0.05, 0.1) is 0 Å². The van der Waals surface area contributed by atoms with Crippen LogP contribution in [0.15, 0.2) is 168 Å². The van der Waals surface area contributed by atoms with E-state index in [1.165, 1.54) is 39.0 Å². The number of allylic oxidation sites excluding steroid dienone is 3. The van der Waals surface area contributed by atoms with Crippen molar-refractivity contribution < 1.29 is 0 Å². The van der Waals surface area contributed by atoms with Gasteiger partial charge in [0.25, 0.3) is 0 Å². The predicted molar refractivity (Wildman–Crippen MR) is 192 cm³/mol. The third kappa shape index (κ3) is 5.25. The van der Waals surface area contributed by atoms with Gasteiger partial charge in [-0.25, -0.2) is 0 Å². The summed E-state index contributed by atoms with van der Waals surface area (Å²) in [5.74, 6) is 0.948. The molecule has 0 saturated heterocycles. The van der Waals surface area contributed by atoms with E-state index in [0.717, 1.165) is 29.9 Å². The summed E-state index contributed by atoms with van der Waals surface area (Å²) < 4.78 is 0. The largest absolute Gasteiger partial charge is 0.312 e. The smallest absolute Gasteiger partial charge is 0.242 e. The lowest BCUT2D eigenvalue weighted by molar-refractivity contribution is 0.627. The Balaban J connectivity index is 0.00000160. The molecule has 5 aromatic rings. The van der Waals surface area contributed by atoms with E-state index in [1.54, 1.807) is 0 Å². The number of fused-ring (bicyclic) bond motifs is 2. The lowest BCUT2D eigenvalue weighted by Gasteiger charge is -2.38. The normalized spacial score (nSPS) is 16.7. The van der Waals surface area contributed by atoms with Crippen LogP contribution in [-0.2, 0) is 0 Å². The van der Waals surface area contributed by atoms with Gasteiger partial charge in [-0.1, -0.05) is 135 Å². The van der Waals surface area contributed by atoms with Gasteiger partial charge in [-0.3, -0.25) is 10.3 Å². The number of hydrogen-bond donors (Lipinski definition) is 1. The predicted octanol–water partition coefficient (Wildman–Crippen LogP) is 8.09. The summed E-state index contributed by atoms with van der Waals surface area (Å²) >= 11 is 0. The first-order valence-electron chi connectivity index (χ1n) is 16.0. The summed E-state index contributed by atoms with van der Waals surface area (Å²) in [6.07, 6.45) is 6.64. The molecule has 0 bridgehead atoms. The molecule has 1 atom stereocenters. The number of nitrogens with one attached hydrogen (secondary N) is 1. The lowest BCUT2D eigenvalue weighted by Crippen LogP contribution is -2.51. The first-order chi connectivity index (χ1) is 22.4. The van der Waals surface area contributed by atoms with E-state index in [9.17, 15) is 0 Å². The van der Waals surface area contributed by atoms with Crippen molar-refractivity contribution in [3.8, 4) is 0 Å². The summed E-state index contributed by atoms with van der Waals surface area (Å²) in [7, 11) is 0. The Labute approximate surface area is 267 Å². The number of nitrogens with zero attached hydrogens (tertiary/aromatic N) is 3. The number of rotatable bonds is 5. The fraction of sp³-hybridized carbons (Fsp3) is 0.125. The van der Waals surface area contributed by atoms with Crippen LogP contribution in [0.4, 0.5) is 22.7 Å². The van der Waals surface area contributed by atoms with Crippen LogP contribution in [0.5, 0.6) is 0 Å². The summed E-state index contributed by atoms with van der Waals surface area (Å²) in [6, 6.07) is 49.5. The first kappa shape index (κ1) is 28.5. The zero-order valence-electron chi connectivity index (χ0n) is 25.8. The van der Waals surface area contributed by atoms with Crippen molar-refractivity contribution in [3.63, 3.8) is 0 Å². The maximum absolute atomic E-state index is 4.85. The van der Waals surface area contributed by atoms with Crippen molar-refractivity contribution >= 4 is 46.2 Å². The van der Waals surface area contributed by atoms with Crippen LogP contribution >= 0.6 is 0 Å². The van der Waals surface area contributed by atoms with Crippen molar-refractivity contribution in [1.29, 1.82) is 0 Å². The van der Waals surface area contributed by atoms with Crippen LogP contribution in [-0.4, -0.2) is 18.7 Å². The highest BCUT2D eigenvalue weighted by Gasteiger charge is 2.38. The number of amidine groups is 1. The minimum absolute atomic E-state index is 0.0325. The molecule has 0 saturated carbocycles. The van der Waals surface area contributed by atoms with Crippen LogP contribution in [0.25, 0.3) is 0 Å². The molecule has 1 aliphatic carbocycles. The van der Waals surface area contributed by atoms with Crippen LogP contribution < -0.4 is 26.2 Å². The van der Waals surface area contributed by atoms with Gasteiger partial charge < -0.3 is 4.90 Å². The maximum atomic E-state index is 4.85. The van der Waals surface area contributed by atoms with Crippen molar-refractivity contribution in [2.45, 2.75) is 32.9 Å². The zero-order chi connectivity index (χ0) is 30.6. The molecule has 2 aliphatic heterocycles. The standard InChI is InChI=1S/C38H31BN4.C2H6/c1-4-14-28(15-5-1)37-40-41-38(43(37)32-18-8-3-9-19-32)29-24-26-30(27-25-29)39-33-20-10-12-22-35(33)42(31-16-6-2-7-17-31)36-23-13-11-21-34(36)39;1-2/h1-24,26,38,41H,25,27H2;1-2H3. The molecule has 4 nitrogen and oxygen atoms in total. The number of hydrazone groups is 1. The monoisotopic (exact) mass is 584 g/mol. The molecular weight excluding hydrogens is 547 g/mol. The minimum Gasteiger partial charge on any atom is -0.312 e. The summed E-state index contributed by atoms with van der Waals surface area (Å²) in [5.41, 5.74) is 14.9. The van der Waals surface area contributed by atoms with Gasteiger partial charge in [0, 0.05) is 28.3 Å². The van der Waals surface area contributed by atoms with E-state index in [4.69, 9.17) is 5.10 Å².